The number of aromatic amines is 1. The molecule has 0 amide bonds. The number of hydrogen-bond acceptors (Lipinski definition) is 3. The molecule has 1 aromatic heterocycles. The third-order valence-electron chi connectivity index (χ3n) is 2.52. The van der Waals surface area contributed by atoms with E-state index >= 15 is 0 Å². The summed E-state index contributed by atoms with van der Waals surface area (Å²) in [4.78, 5) is 3.14. The van der Waals surface area contributed by atoms with Crippen LogP contribution >= 0.6 is 0 Å². The number of rotatable bonds is 4. The van der Waals surface area contributed by atoms with E-state index in [0.29, 0.717) is 12.1 Å². The summed E-state index contributed by atoms with van der Waals surface area (Å²) in [6, 6.07) is 12.9. The second-order valence-corrected chi connectivity index (χ2v) is 5.93. The molecule has 1 aromatic carbocycles. The number of nitrogens with zero attached hydrogens (tertiary/aromatic N) is 1. The van der Waals surface area contributed by atoms with Gasteiger partial charge in [-0.3, -0.25) is 4.72 Å². The number of hydrogen-bond donors (Lipinski definition) is 2. The molecule has 0 radical (unpaired) electrons. The normalized spacial score (nSPS) is 10.9. The van der Waals surface area contributed by atoms with E-state index in [1.54, 1.807) is 12.1 Å². The highest BCUT2D eigenvalue weighted by Gasteiger charge is 2.04. The molecule has 2 aromatic rings. The first kappa shape index (κ1) is 13.2. The fourth-order valence-corrected chi connectivity index (χ4v) is 2.29. The molecule has 5 nitrogen and oxygen atoms in total. The first-order valence-electron chi connectivity index (χ1n) is 5.61. The van der Waals surface area contributed by atoms with Gasteiger partial charge in [-0.05, 0) is 29.8 Å². The number of benzene rings is 1. The van der Waals surface area contributed by atoms with Crippen LogP contribution in [0.15, 0.2) is 36.4 Å². The summed E-state index contributed by atoms with van der Waals surface area (Å²) in [5, 5.41) is 8.61. The Morgan fingerprint density at radius 1 is 1.21 bits per heavy atom. The second kappa shape index (κ2) is 5.16. The minimum absolute atomic E-state index is 0.341. The van der Waals surface area contributed by atoms with Gasteiger partial charge in [0.15, 0.2) is 0 Å². The Morgan fingerprint density at radius 3 is 2.47 bits per heavy atom. The van der Waals surface area contributed by atoms with Crippen LogP contribution in [0, 0.1) is 11.3 Å². The molecule has 0 bridgehead atoms. The first-order valence-corrected chi connectivity index (χ1v) is 7.50. The number of H-pyrrole nitrogens is 1. The molecule has 6 heteroatoms. The molecule has 1 heterocycles. The van der Waals surface area contributed by atoms with Gasteiger partial charge in [-0.25, -0.2) is 8.42 Å². The maximum absolute atomic E-state index is 11.1. The van der Waals surface area contributed by atoms with E-state index in [-0.39, 0.29) is 0 Å². The van der Waals surface area contributed by atoms with Gasteiger partial charge in [-0.1, -0.05) is 12.1 Å². The zero-order chi connectivity index (χ0) is 13.9. The summed E-state index contributed by atoms with van der Waals surface area (Å²) in [7, 11) is -3.25. The molecular weight excluding hydrogens is 262 g/mol. The highest BCUT2D eigenvalue weighted by molar-refractivity contribution is 7.92. The lowest BCUT2D eigenvalue weighted by Gasteiger charge is -2.04. The van der Waals surface area contributed by atoms with Gasteiger partial charge in [-0.15, -0.1) is 0 Å². The number of nitrogens with one attached hydrogen (secondary N) is 2. The van der Waals surface area contributed by atoms with Crippen LogP contribution in [0.5, 0.6) is 0 Å². The summed E-state index contributed by atoms with van der Waals surface area (Å²) in [5.74, 6) is 0. The van der Waals surface area contributed by atoms with E-state index in [1.807, 2.05) is 24.3 Å². The standard InChI is InChI=1S/C13H13N3O2S/c1-19(17,18)16-12-4-2-10(3-5-12)13-7-6-11(15-13)8-9-14/h2-7,15-16H,8H2,1H3. The molecule has 0 fully saturated rings. The summed E-state index contributed by atoms with van der Waals surface area (Å²) >= 11 is 0. The first-order chi connectivity index (χ1) is 8.98. The van der Waals surface area contributed by atoms with E-state index in [4.69, 9.17) is 5.26 Å². The molecule has 0 saturated heterocycles. The molecule has 2 rings (SSSR count). The lowest BCUT2D eigenvalue weighted by molar-refractivity contribution is 0.607. The van der Waals surface area contributed by atoms with Crippen LogP contribution in [-0.4, -0.2) is 19.7 Å². The summed E-state index contributed by atoms with van der Waals surface area (Å²) in [5.41, 5.74) is 3.21. The number of aromatic nitrogens is 1. The van der Waals surface area contributed by atoms with Crippen molar-refractivity contribution < 1.29 is 8.42 Å². The predicted octanol–water partition coefficient (Wildman–Crippen LogP) is 2.12. The Labute approximate surface area is 111 Å². The SMILES string of the molecule is CS(=O)(=O)Nc1ccc(-c2ccc(CC#N)[nH]2)cc1. The van der Waals surface area contributed by atoms with E-state index in [0.717, 1.165) is 23.2 Å². The van der Waals surface area contributed by atoms with Crippen molar-refractivity contribution in [3.8, 4) is 17.3 Å². The van der Waals surface area contributed by atoms with Crippen molar-refractivity contribution in [1.29, 1.82) is 5.26 Å². The van der Waals surface area contributed by atoms with Crippen LogP contribution in [0.25, 0.3) is 11.3 Å². The minimum Gasteiger partial charge on any atom is -0.358 e. The molecule has 0 aliphatic rings. The van der Waals surface area contributed by atoms with E-state index in [2.05, 4.69) is 15.8 Å². The average Bonchev–Trinajstić information content (AvgIpc) is 2.77. The zero-order valence-corrected chi connectivity index (χ0v) is 11.2. The lowest BCUT2D eigenvalue weighted by Crippen LogP contribution is -2.09. The van der Waals surface area contributed by atoms with Crippen LogP contribution < -0.4 is 4.72 Å². The van der Waals surface area contributed by atoms with E-state index in [1.165, 1.54) is 0 Å². The highest BCUT2D eigenvalue weighted by atomic mass is 32.2. The van der Waals surface area contributed by atoms with Crippen molar-refractivity contribution in [2.75, 3.05) is 11.0 Å². The summed E-state index contributed by atoms with van der Waals surface area (Å²) in [6.45, 7) is 0. The monoisotopic (exact) mass is 275 g/mol. The van der Waals surface area contributed by atoms with Crippen molar-refractivity contribution in [2.24, 2.45) is 0 Å². The maximum atomic E-state index is 11.1. The minimum atomic E-state index is -3.25. The van der Waals surface area contributed by atoms with Crippen molar-refractivity contribution in [2.45, 2.75) is 6.42 Å². The predicted molar refractivity (Wildman–Crippen MR) is 74.0 cm³/mol. The topological polar surface area (TPSA) is 85.8 Å². The number of sulfonamides is 1. The largest absolute Gasteiger partial charge is 0.358 e. The Morgan fingerprint density at radius 2 is 1.89 bits per heavy atom. The average molecular weight is 275 g/mol. The molecule has 0 atom stereocenters. The van der Waals surface area contributed by atoms with Gasteiger partial charge >= 0.3 is 0 Å². The molecular formula is C13H13N3O2S. The van der Waals surface area contributed by atoms with E-state index in [9.17, 15) is 8.42 Å². The van der Waals surface area contributed by atoms with E-state index < -0.39 is 10.0 Å². The van der Waals surface area contributed by atoms with Crippen molar-refractivity contribution in [1.82, 2.24) is 4.98 Å². The lowest BCUT2D eigenvalue weighted by atomic mass is 10.1. The highest BCUT2D eigenvalue weighted by Crippen LogP contribution is 2.21. The van der Waals surface area contributed by atoms with Gasteiger partial charge < -0.3 is 4.98 Å². The van der Waals surface area contributed by atoms with Crippen LogP contribution in [0.3, 0.4) is 0 Å². The second-order valence-electron chi connectivity index (χ2n) is 4.18. The Bertz CT molecular complexity index is 709. The van der Waals surface area contributed by atoms with Gasteiger partial charge in [-0.2, -0.15) is 5.26 Å². The summed E-state index contributed by atoms with van der Waals surface area (Å²) in [6.07, 6.45) is 1.45. The molecule has 0 aliphatic carbocycles. The zero-order valence-electron chi connectivity index (χ0n) is 10.3. The van der Waals surface area contributed by atoms with Crippen LogP contribution in [-0.2, 0) is 16.4 Å². The van der Waals surface area contributed by atoms with Crippen molar-refractivity contribution >= 4 is 15.7 Å². The van der Waals surface area contributed by atoms with Crippen molar-refractivity contribution in [3.63, 3.8) is 0 Å². The Kier molecular flexibility index (Phi) is 3.58. The molecule has 0 unspecified atom stereocenters. The third kappa shape index (κ3) is 3.60. The Hall–Kier alpha value is -2.26. The fourth-order valence-electron chi connectivity index (χ4n) is 1.73. The fraction of sp³-hybridized carbons (Fsp3) is 0.154. The quantitative estimate of drug-likeness (QED) is 0.896. The Balaban J connectivity index is 2.20. The van der Waals surface area contributed by atoms with Crippen LogP contribution in [0.2, 0.25) is 0 Å². The molecule has 2 N–H and O–H groups in total. The molecule has 0 spiro atoms. The maximum Gasteiger partial charge on any atom is 0.229 e. The van der Waals surface area contributed by atoms with Gasteiger partial charge in [0, 0.05) is 17.1 Å². The summed E-state index contributed by atoms with van der Waals surface area (Å²) < 4.78 is 24.6. The third-order valence-corrected chi connectivity index (χ3v) is 3.12. The van der Waals surface area contributed by atoms with Gasteiger partial charge in [0.05, 0.1) is 18.7 Å². The molecule has 0 saturated carbocycles. The van der Waals surface area contributed by atoms with Crippen LogP contribution in [0.4, 0.5) is 5.69 Å². The smallest absolute Gasteiger partial charge is 0.229 e. The van der Waals surface area contributed by atoms with Gasteiger partial charge in [0.2, 0.25) is 10.0 Å². The molecule has 19 heavy (non-hydrogen) atoms. The van der Waals surface area contributed by atoms with Gasteiger partial charge in [0.1, 0.15) is 0 Å². The van der Waals surface area contributed by atoms with Gasteiger partial charge in [0.25, 0.3) is 0 Å². The van der Waals surface area contributed by atoms with Crippen molar-refractivity contribution in [3.05, 3.63) is 42.1 Å². The van der Waals surface area contributed by atoms with Crippen LogP contribution in [0.1, 0.15) is 5.69 Å². The molecule has 0 aliphatic heterocycles. The number of anilines is 1. The molecule has 98 valence electrons. The number of nitriles is 1.